The summed E-state index contributed by atoms with van der Waals surface area (Å²) in [5, 5.41) is 7.28. The average Bonchev–Trinajstić information content (AvgIpc) is 2.64. The predicted molar refractivity (Wildman–Crippen MR) is 79.1 cm³/mol. The second-order valence-electron chi connectivity index (χ2n) is 4.06. The second kappa shape index (κ2) is 5.67. The summed E-state index contributed by atoms with van der Waals surface area (Å²) in [6.45, 7) is 1.76. The fourth-order valence-electron chi connectivity index (χ4n) is 1.76. The summed E-state index contributed by atoms with van der Waals surface area (Å²) in [4.78, 5) is 13.3. The molecule has 0 bridgehead atoms. The molecule has 0 aliphatic rings. The summed E-state index contributed by atoms with van der Waals surface area (Å²) in [5.74, 6) is -0.243. The van der Waals surface area contributed by atoms with Gasteiger partial charge in [-0.25, -0.2) is 0 Å². The molecule has 0 radical (unpaired) electrons. The van der Waals surface area contributed by atoms with Gasteiger partial charge in [-0.15, -0.1) is 11.8 Å². The molecule has 0 saturated carbocycles. The van der Waals surface area contributed by atoms with E-state index in [1.54, 1.807) is 25.7 Å². The van der Waals surface area contributed by atoms with Gasteiger partial charge in [-0.1, -0.05) is 11.6 Å². The van der Waals surface area contributed by atoms with Gasteiger partial charge in [0.05, 0.1) is 11.3 Å². The first-order chi connectivity index (χ1) is 9.02. The van der Waals surface area contributed by atoms with Gasteiger partial charge in [0.15, 0.2) is 0 Å². The molecule has 1 aromatic carbocycles. The highest BCUT2D eigenvalue weighted by Gasteiger charge is 2.18. The molecule has 19 heavy (non-hydrogen) atoms. The van der Waals surface area contributed by atoms with Crippen LogP contribution in [0.5, 0.6) is 0 Å². The fourth-order valence-corrected chi connectivity index (χ4v) is 2.42. The summed E-state index contributed by atoms with van der Waals surface area (Å²) in [5.41, 5.74) is 1.77. The number of hydrogen-bond acceptors (Lipinski definition) is 3. The van der Waals surface area contributed by atoms with Crippen LogP contribution in [0.25, 0.3) is 0 Å². The number of carbonyl (C=O) groups excluding carboxylic acids is 1. The Balaban J connectivity index is 2.20. The number of carbonyl (C=O) groups is 1. The number of nitrogens with one attached hydrogen (secondary N) is 1. The van der Waals surface area contributed by atoms with Gasteiger partial charge in [0.25, 0.3) is 5.91 Å². The number of amides is 1. The SMILES string of the molecule is CSc1ccc(NC(=O)c2c(C)nn(C)c2Cl)cc1. The van der Waals surface area contributed by atoms with Gasteiger partial charge in [0.2, 0.25) is 0 Å². The number of rotatable bonds is 3. The Morgan fingerprint density at radius 1 is 1.37 bits per heavy atom. The van der Waals surface area contributed by atoms with E-state index in [9.17, 15) is 4.79 Å². The van der Waals surface area contributed by atoms with Gasteiger partial charge in [0.1, 0.15) is 5.15 Å². The van der Waals surface area contributed by atoms with Crippen molar-refractivity contribution in [1.82, 2.24) is 9.78 Å². The lowest BCUT2D eigenvalue weighted by Crippen LogP contribution is -2.13. The van der Waals surface area contributed by atoms with Crippen LogP contribution >= 0.6 is 23.4 Å². The minimum absolute atomic E-state index is 0.243. The van der Waals surface area contributed by atoms with Crippen LogP contribution in [0.2, 0.25) is 5.15 Å². The number of benzene rings is 1. The zero-order valence-corrected chi connectivity index (χ0v) is 12.5. The molecule has 2 rings (SSSR count). The molecule has 0 saturated heterocycles. The minimum Gasteiger partial charge on any atom is -0.322 e. The molecule has 4 nitrogen and oxygen atoms in total. The van der Waals surface area contributed by atoms with Gasteiger partial charge in [-0.3, -0.25) is 9.48 Å². The Morgan fingerprint density at radius 3 is 2.47 bits per heavy atom. The highest BCUT2D eigenvalue weighted by atomic mass is 35.5. The fraction of sp³-hybridized carbons (Fsp3) is 0.231. The first-order valence-electron chi connectivity index (χ1n) is 5.67. The summed E-state index contributed by atoms with van der Waals surface area (Å²) in [7, 11) is 1.71. The van der Waals surface area contributed by atoms with E-state index >= 15 is 0 Å². The van der Waals surface area contributed by atoms with Crippen molar-refractivity contribution in [2.75, 3.05) is 11.6 Å². The number of hydrogen-bond donors (Lipinski definition) is 1. The molecule has 1 aromatic heterocycles. The Bertz CT molecular complexity index is 607. The van der Waals surface area contributed by atoms with Gasteiger partial charge < -0.3 is 5.32 Å². The van der Waals surface area contributed by atoms with Crippen LogP contribution in [-0.4, -0.2) is 21.9 Å². The van der Waals surface area contributed by atoms with Gasteiger partial charge >= 0.3 is 0 Å². The maximum atomic E-state index is 12.2. The highest BCUT2D eigenvalue weighted by Crippen LogP contribution is 2.21. The smallest absolute Gasteiger partial charge is 0.260 e. The molecule has 0 aliphatic carbocycles. The monoisotopic (exact) mass is 295 g/mol. The quantitative estimate of drug-likeness (QED) is 0.883. The van der Waals surface area contributed by atoms with E-state index in [2.05, 4.69) is 10.4 Å². The zero-order valence-electron chi connectivity index (χ0n) is 10.9. The number of aromatic nitrogens is 2. The van der Waals surface area contributed by atoms with Crippen LogP contribution < -0.4 is 5.32 Å². The second-order valence-corrected chi connectivity index (χ2v) is 5.30. The molecule has 2 aromatic rings. The lowest BCUT2D eigenvalue weighted by Gasteiger charge is -2.05. The van der Waals surface area contributed by atoms with E-state index in [-0.39, 0.29) is 5.91 Å². The Kier molecular flexibility index (Phi) is 4.17. The number of anilines is 1. The van der Waals surface area contributed by atoms with E-state index in [0.29, 0.717) is 16.4 Å². The van der Waals surface area contributed by atoms with Crippen molar-refractivity contribution < 1.29 is 4.79 Å². The molecule has 100 valence electrons. The van der Waals surface area contributed by atoms with Crippen LogP contribution in [0, 0.1) is 6.92 Å². The summed E-state index contributed by atoms with van der Waals surface area (Å²) in [6, 6.07) is 7.64. The van der Waals surface area contributed by atoms with Crippen molar-refractivity contribution in [2.45, 2.75) is 11.8 Å². The third kappa shape index (κ3) is 2.93. The van der Waals surface area contributed by atoms with Crippen molar-refractivity contribution in [2.24, 2.45) is 7.05 Å². The maximum absolute atomic E-state index is 12.2. The van der Waals surface area contributed by atoms with E-state index < -0.39 is 0 Å². The molecule has 0 spiro atoms. The molecule has 0 fully saturated rings. The minimum atomic E-state index is -0.243. The maximum Gasteiger partial charge on any atom is 0.260 e. The molecule has 1 heterocycles. The summed E-state index contributed by atoms with van der Waals surface area (Å²) in [6.07, 6.45) is 2.01. The third-order valence-electron chi connectivity index (χ3n) is 2.73. The van der Waals surface area contributed by atoms with Crippen molar-refractivity contribution >= 4 is 35.0 Å². The zero-order chi connectivity index (χ0) is 14.0. The average molecular weight is 296 g/mol. The molecular weight excluding hydrogens is 282 g/mol. The van der Waals surface area contributed by atoms with Crippen molar-refractivity contribution in [3.05, 3.63) is 40.7 Å². The van der Waals surface area contributed by atoms with E-state index in [0.717, 1.165) is 10.6 Å². The summed E-state index contributed by atoms with van der Waals surface area (Å²) < 4.78 is 1.49. The van der Waals surface area contributed by atoms with Crippen LogP contribution in [0.3, 0.4) is 0 Å². The number of halogens is 1. The van der Waals surface area contributed by atoms with Crippen LogP contribution in [0.4, 0.5) is 5.69 Å². The van der Waals surface area contributed by atoms with E-state index in [4.69, 9.17) is 11.6 Å². The van der Waals surface area contributed by atoms with Gasteiger partial charge in [-0.05, 0) is 37.4 Å². The largest absolute Gasteiger partial charge is 0.322 e. The molecule has 1 amide bonds. The molecule has 6 heteroatoms. The van der Waals surface area contributed by atoms with Crippen LogP contribution in [-0.2, 0) is 7.05 Å². The molecule has 1 N–H and O–H groups in total. The number of thioether (sulfide) groups is 1. The Morgan fingerprint density at radius 2 is 2.00 bits per heavy atom. The lowest BCUT2D eigenvalue weighted by atomic mass is 10.2. The van der Waals surface area contributed by atoms with Gasteiger partial charge in [0, 0.05) is 17.6 Å². The molecule has 0 atom stereocenters. The van der Waals surface area contributed by atoms with Crippen molar-refractivity contribution in [3.63, 3.8) is 0 Å². The van der Waals surface area contributed by atoms with E-state index in [1.807, 2.05) is 30.5 Å². The third-order valence-corrected chi connectivity index (χ3v) is 3.90. The lowest BCUT2D eigenvalue weighted by molar-refractivity contribution is 0.102. The first-order valence-corrected chi connectivity index (χ1v) is 7.27. The predicted octanol–water partition coefficient (Wildman–Crippen LogP) is 3.36. The first kappa shape index (κ1) is 14.0. The molecule has 0 aliphatic heterocycles. The standard InChI is InChI=1S/C13H14ClN3OS/c1-8-11(12(14)17(2)16-8)13(18)15-9-4-6-10(19-3)7-5-9/h4-7H,1-3H3,(H,15,18). The van der Waals surface area contributed by atoms with Gasteiger partial charge in [-0.2, -0.15) is 5.10 Å². The summed E-state index contributed by atoms with van der Waals surface area (Å²) >= 11 is 7.71. The van der Waals surface area contributed by atoms with E-state index in [1.165, 1.54) is 4.68 Å². The molecule has 0 unspecified atom stereocenters. The van der Waals surface area contributed by atoms with Crippen molar-refractivity contribution in [3.8, 4) is 0 Å². The molecular formula is C13H14ClN3OS. The number of nitrogens with zero attached hydrogens (tertiary/aromatic N) is 2. The Labute approximate surface area is 121 Å². The van der Waals surface area contributed by atoms with Crippen LogP contribution in [0.15, 0.2) is 29.2 Å². The van der Waals surface area contributed by atoms with Crippen molar-refractivity contribution in [1.29, 1.82) is 0 Å². The normalized spacial score (nSPS) is 10.5. The van der Waals surface area contributed by atoms with Crippen LogP contribution in [0.1, 0.15) is 16.1 Å². The topological polar surface area (TPSA) is 46.9 Å². The Hall–Kier alpha value is -1.46. The number of aryl methyl sites for hydroxylation is 2. The highest BCUT2D eigenvalue weighted by molar-refractivity contribution is 7.98.